The van der Waals surface area contributed by atoms with Gasteiger partial charge in [-0.2, -0.15) is 5.26 Å². The van der Waals surface area contributed by atoms with Crippen molar-refractivity contribution in [3.05, 3.63) is 28.2 Å². The molecule has 0 heterocycles. The van der Waals surface area contributed by atoms with Gasteiger partial charge in [0.05, 0.1) is 11.5 Å². The van der Waals surface area contributed by atoms with Crippen LogP contribution in [0.25, 0.3) is 0 Å². The van der Waals surface area contributed by atoms with Crippen LogP contribution in [0, 0.1) is 11.3 Å². The molecular formula is C10H8BrNO. The van der Waals surface area contributed by atoms with Crippen molar-refractivity contribution in [2.45, 2.75) is 18.3 Å². The number of nitrogens with zero attached hydrogens (tertiary/aromatic N) is 1. The normalized spacial score (nSPS) is 17.8. The molecule has 0 unspecified atom stereocenters. The molecule has 1 aliphatic carbocycles. The molecule has 66 valence electrons. The molecule has 3 heteroatoms. The van der Waals surface area contributed by atoms with Crippen LogP contribution in [0.2, 0.25) is 0 Å². The number of aromatic hydroxyl groups is 1. The number of phenols is 1. The minimum absolute atomic E-state index is 0.224. The summed E-state index contributed by atoms with van der Waals surface area (Å²) in [5.41, 5.74) is 0.345. The Labute approximate surface area is 84.9 Å². The van der Waals surface area contributed by atoms with E-state index in [1.807, 2.05) is 6.07 Å². The smallest absolute Gasteiger partial charge is 0.120 e. The number of halogens is 1. The van der Waals surface area contributed by atoms with Gasteiger partial charge >= 0.3 is 0 Å². The molecule has 0 saturated heterocycles. The average Bonchev–Trinajstić information content (AvgIpc) is 2.90. The predicted octanol–water partition coefficient (Wildman–Crippen LogP) is 2.71. The highest BCUT2D eigenvalue weighted by molar-refractivity contribution is 9.10. The highest BCUT2D eigenvalue weighted by Gasteiger charge is 2.46. The summed E-state index contributed by atoms with van der Waals surface area (Å²) >= 11 is 3.33. The maximum atomic E-state index is 9.57. The first kappa shape index (κ1) is 8.58. The van der Waals surface area contributed by atoms with E-state index in [2.05, 4.69) is 22.0 Å². The molecule has 1 N–H and O–H groups in total. The Morgan fingerprint density at radius 3 is 2.69 bits per heavy atom. The van der Waals surface area contributed by atoms with Crippen LogP contribution in [0.3, 0.4) is 0 Å². The van der Waals surface area contributed by atoms with Crippen LogP contribution in [0.1, 0.15) is 18.4 Å². The zero-order chi connectivity index (χ0) is 9.47. The largest absolute Gasteiger partial charge is 0.508 e. The van der Waals surface area contributed by atoms with Crippen molar-refractivity contribution >= 4 is 15.9 Å². The topological polar surface area (TPSA) is 44.0 Å². The van der Waals surface area contributed by atoms with Crippen LogP contribution < -0.4 is 0 Å². The number of phenolic OH excluding ortho intramolecular Hbond substituents is 1. The van der Waals surface area contributed by atoms with Crippen molar-refractivity contribution in [2.24, 2.45) is 0 Å². The molecule has 1 aromatic carbocycles. The number of hydrogen-bond acceptors (Lipinski definition) is 2. The molecule has 2 rings (SSSR count). The van der Waals surface area contributed by atoms with Crippen molar-refractivity contribution in [1.82, 2.24) is 0 Å². The molecule has 0 aromatic heterocycles. The number of benzene rings is 1. The first-order valence-electron chi connectivity index (χ1n) is 4.08. The van der Waals surface area contributed by atoms with Gasteiger partial charge in [-0.25, -0.2) is 0 Å². The fourth-order valence-corrected chi connectivity index (χ4v) is 1.82. The van der Waals surface area contributed by atoms with E-state index in [4.69, 9.17) is 5.26 Å². The quantitative estimate of drug-likeness (QED) is 0.817. The number of hydrogen-bond donors (Lipinski definition) is 1. The Kier molecular flexibility index (Phi) is 1.81. The van der Waals surface area contributed by atoms with E-state index in [1.54, 1.807) is 12.1 Å². The fourth-order valence-electron chi connectivity index (χ4n) is 1.46. The van der Waals surface area contributed by atoms with Gasteiger partial charge in [-0.3, -0.25) is 0 Å². The Hall–Kier alpha value is -1.01. The summed E-state index contributed by atoms with van der Waals surface area (Å²) in [6.45, 7) is 0. The molecule has 0 spiro atoms. The Morgan fingerprint density at radius 1 is 1.46 bits per heavy atom. The Morgan fingerprint density at radius 2 is 2.15 bits per heavy atom. The summed E-state index contributed by atoms with van der Waals surface area (Å²) in [5, 5.41) is 18.5. The minimum Gasteiger partial charge on any atom is -0.508 e. The van der Waals surface area contributed by atoms with Crippen LogP contribution >= 0.6 is 15.9 Å². The lowest BCUT2D eigenvalue weighted by molar-refractivity contribution is 0.464. The van der Waals surface area contributed by atoms with Crippen molar-refractivity contribution in [1.29, 1.82) is 5.26 Å². The number of nitriles is 1. The summed E-state index contributed by atoms with van der Waals surface area (Å²) in [4.78, 5) is 0. The van der Waals surface area contributed by atoms with E-state index in [0.717, 1.165) is 22.9 Å². The van der Waals surface area contributed by atoms with Crippen LogP contribution in [-0.2, 0) is 5.41 Å². The molecule has 2 nitrogen and oxygen atoms in total. The van der Waals surface area contributed by atoms with E-state index < -0.39 is 5.41 Å². The molecule has 1 fully saturated rings. The third kappa shape index (κ3) is 1.31. The zero-order valence-corrected chi connectivity index (χ0v) is 8.50. The average molecular weight is 238 g/mol. The maximum Gasteiger partial charge on any atom is 0.120 e. The van der Waals surface area contributed by atoms with Gasteiger partial charge in [0.2, 0.25) is 0 Å². The Balaban J connectivity index is 2.52. The summed E-state index contributed by atoms with van der Waals surface area (Å²) in [5.74, 6) is 0.224. The summed E-state index contributed by atoms with van der Waals surface area (Å²) in [6, 6.07) is 7.47. The van der Waals surface area contributed by atoms with Gasteiger partial charge in [0.25, 0.3) is 0 Å². The molecule has 0 aliphatic heterocycles. The molecule has 0 bridgehead atoms. The second-order valence-electron chi connectivity index (χ2n) is 3.36. The molecule has 1 aromatic rings. The van der Waals surface area contributed by atoms with Gasteiger partial charge in [-0.15, -0.1) is 0 Å². The first-order chi connectivity index (χ1) is 6.18. The van der Waals surface area contributed by atoms with Crippen molar-refractivity contribution in [2.75, 3.05) is 0 Å². The molecule has 1 aliphatic rings. The molecule has 0 atom stereocenters. The van der Waals surface area contributed by atoms with Crippen LogP contribution in [0.15, 0.2) is 22.7 Å². The van der Waals surface area contributed by atoms with E-state index in [9.17, 15) is 5.11 Å². The van der Waals surface area contributed by atoms with Crippen molar-refractivity contribution in [3.8, 4) is 11.8 Å². The molecule has 1 saturated carbocycles. The molecule has 0 amide bonds. The highest BCUT2D eigenvalue weighted by Crippen LogP contribution is 2.50. The van der Waals surface area contributed by atoms with Gasteiger partial charge in [0.15, 0.2) is 0 Å². The zero-order valence-electron chi connectivity index (χ0n) is 6.92. The van der Waals surface area contributed by atoms with Gasteiger partial charge in [-0.05, 0) is 31.0 Å². The van der Waals surface area contributed by atoms with Crippen molar-refractivity contribution < 1.29 is 5.11 Å². The van der Waals surface area contributed by atoms with Crippen molar-refractivity contribution in [3.63, 3.8) is 0 Å². The van der Waals surface area contributed by atoms with E-state index >= 15 is 0 Å². The first-order valence-corrected chi connectivity index (χ1v) is 4.87. The summed E-state index contributed by atoms with van der Waals surface area (Å²) in [6.07, 6.45) is 1.71. The van der Waals surface area contributed by atoms with Gasteiger partial charge < -0.3 is 5.11 Å². The lowest BCUT2D eigenvalue weighted by atomic mass is 9.97. The molecule has 13 heavy (non-hydrogen) atoms. The van der Waals surface area contributed by atoms with Gasteiger partial charge in [0.1, 0.15) is 5.75 Å². The SMILES string of the molecule is N#CC1(c2cc(Br)ccc2O)CC1. The maximum absolute atomic E-state index is 9.57. The molecule has 0 radical (unpaired) electrons. The van der Waals surface area contributed by atoms with Crippen LogP contribution in [0.4, 0.5) is 0 Å². The Bertz CT molecular complexity index is 390. The van der Waals surface area contributed by atoms with E-state index in [1.165, 1.54) is 0 Å². The molecular weight excluding hydrogens is 230 g/mol. The van der Waals surface area contributed by atoms with E-state index in [-0.39, 0.29) is 5.75 Å². The second kappa shape index (κ2) is 2.74. The van der Waals surface area contributed by atoms with Gasteiger partial charge in [-0.1, -0.05) is 15.9 Å². The fraction of sp³-hybridized carbons (Fsp3) is 0.300. The van der Waals surface area contributed by atoms with Gasteiger partial charge in [0, 0.05) is 10.0 Å². The minimum atomic E-state index is -0.409. The van der Waals surface area contributed by atoms with Crippen LogP contribution in [-0.4, -0.2) is 5.11 Å². The number of rotatable bonds is 1. The van der Waals surface area contributed by atoms with Crippen LogP contribution in [0.5, 0.6) is 5.75 Å². The summed E-state index contributed by atoms with van der Waals surface area (Å²) in [7, 11) is 0. The third-order valence-electron chi connectivity index (χ3n) is 2.44. The monoisotopic (exact) mass is 237 g/mol. The standard InChI is InChI=1S/C10H8BrNO/c11-7-1-2-9(13)8(5-7)10(6-12)3-4-10/h1-2,5,13H,3-4H2. The summed E-state index contributed by atoms with van der Waals surface area (Å²) < 4.78 is 0.904. The van der Waals surface area contributed by atoms with E-state index in [0.29, 0.717) is 0 Å². The third-order valence-corrected chi connectivity index (χ3v) is 2.93. The highest BCUT2D eigenvalue weighted by atomic mass is 79.9. The predicted molar refractivity (Wildman–Crippen MR) is 52.3 cm³/mol. The lowest BCUT2D eigenvalue weighted by Crippen LogP contribution is -2.02. The second-order valence-corrected chi connectivity index (χ2v) is 4.27. The lowest BCUT2D eigenvalue weighted by Gasteiger charge is -2.08.